The second kappa shape index (κ2) is 8.60. The van der Waals surface area contributed by atoms with Gasteiger partial charge in [0.25, 0.3) is 5.91 Å². The number of benzene rings is 1. The van der Waals surface area contributed by atoms with Crippen molar-refractivity contribution in [2.75, 3.05) is 24.6 Å². The number of ether oxygens (including phenoxy) is 1. The molecule has 0 heterocycles. The van der Waals surface area contributed by atoms with Gasteiger partial charge < -0.3 is 15.0 Å². The van der Waals surface area contributed by atoms with E-state index in [0.717, 1.165) is 36.5 Å². The molecule has 1 aromatic carbocycles. The molecule has 0 spiro atoms. The van der Waals surface area contributed by atoms with Crippen molar-refractivity contribution < 1.29 is 14.3 Å². The number of hydrogen-bond donors (Lipinski definition) is 1. The van der Waals surface area contributed by atoms with E-state index < -0.39 is 5.97 Å². The summed E-state index contributed by atoms with van der Waals surface area (Å²) in [5, 5.41) is 3.16. The first-order valence-electron chi connectivity index (χ1n) is 11.7. The zero-order valence-corrected chi connectivity index (χ0v) is 18.7. The number of nitrogens with zero attached hydrogens (tertiary/aromatic N) is 1. The van der Waals surface area contributed by atoms with Crippen molar-refractivity contribution in [1.82, 2.24) is 5.32 Å². The molecular formula is C25H36N2O3. The number of amides is 1. The van der Waals surface area contributed by atoms with Crippen LogP contribution in [-0.2, 0) is 9.53 Å². The van der Waals surface area contributed by atoms with Gasteiger partial charge in [-0.3, -0.25) is 4.79 Å². The number of anilines is 1. The van der Waals surface area contributed by atoms with Gasteiger partial charge in [0.15, 0.2) is 6.61 Å². The number of hydrogen-bond acceptors (Lipinski definition) is 4. The number of carbonyl (C=O) groups is 2. The minimum atomic E-state index is -0.446. The monoisotopic (exact) mass is 412 g/mol. The second-order valence-corrected chi connectivity index (χ2v) is 9.86. The lowest BCUT2D eigenvalue weighted by atomic mass is 9.48. The van der Waals surface area contributed by atoms with Crippen LogP contribution in [0.25, 0.3) is 0 Å². The fourth-order valence-electron chi connectivity index (χ4n) is 6.76. The van der Waals surface area contributed by atoms with Crippen LogP contribution in [0.2, 0.25) is 0 Å². The smallest absolute Gasteiger partial charge is 0.338 e. The van der Waals surface area contributed by atoms with E-state index in [0.29, 0.717) is 5.56 Å². The molecule has 4 aliphatic carbocycles. The van der Waals surface area contributed by atoms with Crippen LogP contribution in [0, 0.1) is 23.2 Å². The highest BCUT2D eigenvalue weighted by molar-refractivity contribution is 5.91. The summed E-state index contributed by atoms with van der Waals surface area (Å²) in [5.74, 6) is 1.93. The molecule has 4 saturated carbocycles. The Kier molecular flexibility index (Phi) is 6.08. The number of esters is 1. The molecule has 4 fully saturated rings. The van der Waals surface area contributed by atoms with Gasteiger partial charge in [-0.1, -0.05) is 0 Å². The third kappa shape index (κ3) is 4.21. The molecule has 164 valence electrons. The summed E-state index contributed by atoms with van der Waals surface area (Å²) in [7, 11) is 0. The number of nitrogens with one attached hydrogen (secondary N) is 1. The van der Waals surface area contributed by atoms with Crippen LogP contribution in [0.1, 0.15) is 69.7 Å². The number of rotatable bonds is 8. The van der Waals surface area contributed by atoms with Crippen LogP contribution in [-0.4, -0.2) is 37.6 Å². The summed E-state index contributed by atoms with van der Waals surface area (Å²) < 4.78 is 5.30. The molecule has 0 radical (unpaired) electrons. The average molecular weight is 413 g/mol. The zero-order valence-electron chi connectivity index (χ0n) is 18.7. The van der Waals surface area contributed by atoms with E-state index in [2.05, 4.69) is 31.0 Å². The van der Waals surface area contributed by atoms with Crippen molar-refractivity contribution in [2.24, 2.45) is 23.2 Å². The van der Waals surface area contributed by atoms with Gasteiger partial charge in [-0.05, 0) is 107 Å². The first kappa shape index (κ1) is 21.2. The third-order valence-corrected chi connectivity index (χ3v) is 7.95. The Morgan fingerprint density at radius 1 is 1.03 bits per heavy atom. The molecule has 30 heavy (non-hydrogen) atoms. The Bertz CT molecular complexity index is 734. The summed E-state index contributed by atoms with van der Waals surface area (Å²) in [6.45, 7) is 7.99. The van der Waals surface area contributed by atoms with Crippen LogP contribution >= 0.6 is 0 Å². The molecule has 5 rings (SSSR count). The molecule has 1 aromatic rings. The van der Waals surface area contributed by atoms with Gasteiger partial charge in [-0.2, -0.15) is 0 Å². The molecule has 1 N–H and O–H groups in total. The Morgan fingerprint density at radius 2 is 1.57 bits per heavy atom. The predicted molar refractivity (Wildman–Crippen MR) is 118 cm³/mol. The molecule has 4 bridgehead atoms. The maximum absolute atomic E-state index is 12.5. The largest absolute Gasteiger partial charge is 0.452 e. The summed E-state index contributed by atoms with van der Waals surface area (Å²) in [5.41, 5.74) is 1.82. The normalized spacial score (nSPS) is 30.0. The van der Waals surface area contributed by atoms with Crippen LogP contribution in [0.4, 0.5) is 5.69 Å². The van der Waals surface area contributed by atoms with E-state index in [1.54, 1.807) is 12.1 Å². The Labute approximate surface area is 180 Å². The van der Waals surface area contributed by atoms with Crippen molar-refractivity contribution in [3.8, 4) is 0 Å². The van der Waals surface area contributed by atoms with E-state index >= 15 is 0 Å². The quantitative estimate of drug-likeness (QED) is 0.643. The minimum Gasteiger partial charge on any atom is -0.452 e. The zero-order chi connectivity index (χ0) is 21.3. The van der Waals surface area contributed by atoms with E-state index in [1.165, 1.54) is 38.5 Å². The molecule has 5 nitrogen and oxygen atoms in total. The Hall–Kier alpha value is -2.04. The summed E-state index contributed by atoms with van der Waals surface area (Å²) >= 11 is 0. The van der Waals surface area contributed by atoms with Crippen LogP contribution in [0.15, 0.2) is 24.3 Å². The lowest BCUT2D eigenvalue weighted by Crippen LogP contribution is -2.56. The van der Waals surface area contributed by atoms with Crippen molar-refractivity contribution in [3.63, 3.8) is 0 Å². The van der Waals surface area contributed by atoms with Gasteiger partial charge in [-0.25, -0.2) is 4.79 Å². The summed E-state index contributed by atoms with van der Waals surface area (Å²) in [4.78, 5) is 27.1. The molecule has 1 atom stereocenters. The lowest BCUT2D eigenvalue weighted by molar-refractivity contribution is -0.128. The van der Waals surface area contributed by atoms with E-state index in [1.807, 2.05) is 12.1 Å². The molecular weight excluding hydrogens is 376 g/mol. The highest BCUT2D eigenvalue weighted by atomic mass is 16.5. The predicted octanol–water partition coefficient (Wildman–Crippen LogP) is 4.41. The molecule has 0 aromatic heterocycles. The van der Waals surface area contributed by atoms with Gasteiger partial charge in [0.2, 0.25) is 0 Å². The molecule has 0 unspecified atom stereocenters. The van der Waals surface area contributed by atoms with Crippen molar-refractivity contribution in [1.29, 1.82) is 0 Å². The SMILES string of the molecule is CCN(CC)c1ccc(C(=O)OCC(=O)N[C@H](C)C23CC4CC(CC(C4)C2)C3)cc1. The first-order chi connectivity index (χ1) is 14.4. The van der Waals surface area contributed by atoms with Crippen LogP contribution in [0.3, 0.4) is 0 Å². The highest BCUT2D eigenvalue weighted by Crippen LogP contribution is 2.61. The van der Waals surface area contributed by atoms with E-state index in [-0.39, 0.29) is 24.0 Å². The summed E-state index contributed by atoms with van der Waals surface area (Å²) in [6.07, 6.45) is 7.93. The highest BCUT2D eigenvalue weighted by Gasteiger charge is 2.53. The van der Waals surface area contributed by atoms with Gasteiger partial charge >= 0.3 is 5.97 Å². The van der Waals surface area contributed by atoms with Crippen LogP contribution < -0.4 is 10.2 Å². The van der Waals surface area contributed by atoms with Crippen LogP contribution in [0.5, 0.6) is 0 Å². The molecule has 0 saturated heterocycles. The second-order valence-electron chi connectivity index (χ2n) is 9.86. The van der Waals surface area contributed by atoms with Gasteiger partial charge in [0, 0.05) is 24.8 Å². The number of carbonyl (C=O) groups excluding carboxylic acids is 2. The standard InChI is InChI=1S/C25H36N2O3/c1-4-27(5-2)22-8-6-21(7-9-22)24(29)30-16-23(28)26-17(3)25-13-18-10-19(14-25)12-20(11-18)15-25/h6-9,17-20H,4-5,10-16H2,1-3H3,(H,26,28)/t17-,18?,19?,20?,25?/m1/s1. The minimum absolute atomic E-state index is 0.144. The summed E-state index contributed by atoms with van der Waals surface area (Å²) in [6, 6.07) is 7.54. The van der Waals surface area contributed by atoms with Gasteiger partial charge in [0.1, 0.15) is 0 Å². The molecule has 1 amide bonds. The van der Waals surface area contributed by atoms with Crippen molar-refractivity contribution in [2.45, 2.75) is 65.3 Å². The fraction of sp³-hybridized carbons (Fsp3) is 0.680. The van der Waals surface area contributed by atoms with Crippen molar-refractivity contribution >= 4 is 17.6 Å². The fourth-order valence-corrected chi connectivity index (χ4v) is 6.76. The third-order valence-electron chi connectivity index (χ3n) is 7.95. The lowest BCUT2D eigenvalue weighted by Gasteiger charge is -2.59. The molecule has 5 heteroatoms. The van der Waals surface area contributed by atoms with E-state index in [9.17, 15) is 9.59 Å². The maximum Gasteiger partial charge on any atom is 0.338 e. The van der Waals surface area contributed by atoms with Crippen molar-refractivity contribution in [3.05, 3.63) is 29.8 Å². The first-order valence-corrected chi connectivity index (χ1v) is 11.7. The topological polar surface area (TPSA) is 58.6 Å². The van der Waals surface area contributed by atoms with E-state index in [4.69, 9.17) is 4.74 Å². The molecule has 4 aliphatic rings. The van der Waals surface area contributed by atoms with Gasteiger partial charge in [-0.15, -0.1) is 0 Å². The Morgan fingerprint density at radius 3 is 2.07 bits per heavy atom. The average Bonchev–Trinajstić information content (AvgIpc) is 2.72. The molecule has 0 aliphatic heterocycles. The maximum atomic E-state index is 12.5. The Balaban J connectivity index is 1.28. The van der Waals surface area contributed by atoms with Gasteiger partial charge in [0.05, 0.1) is 5.56 Å².